The van der Waals surface area contributed by atoms with Crippen LogP contribution in [0, 0.1) is 5.82 Å². The van der Waals surface area contributed by atoms with Gasteiger partial charge in [-0.3, -0.25) is 19.8 Å². The zero-order valence-corrected chi connectivity index (χ0v) is 14.5. The Morgan fingerprint density at radius 1 is 1.18 bits per heavy atom. The van der Waals surface area contributed by atoms with Gasteiger partial charge in [0.25, 0.3) is 5.91 Å². The summed E-state index contributed by atoms with van der Waals surface area (Å²) in [6.07, 6.45) is -4.57. The van der Waals surface area contributed by atoms with Crippen LogP contribution in [0.2, 0.25) is 0 Å². The molecule has 0 radical (unpaired) electrons. The van der Waals surface area contributed by atoms with Gasteiger partial charge in [-0.1, -0.05) is 19.1 Å². The number of benzene rings is 1. The first-order valence-electron chi connectivity index (χ1n) is 8.03. The molecule has 0 aromatic heterocycles. The highest BCUT2D eigenvalue weighted by atomic mass is 19.4. The van der Waals surface area contributed by atoms with Gasteiger partial charge in [-0.25, -0.2) is 14.0 Å². The fourth-order valence-electron chi connectivity index (χ4n) is 2.68. The largest absolute Gasteiger partial charge is 0.405 e. The zero-order valence-electron chi connectivity index (χ0n) is 14.5. The summed E-state index contributed by atoms with van der Waals surface area (Å²) in [5.74, 6) is -2.51. The van der Waals surface area contributed by atoms with Crippen molar-refractivity contribution >= 4 is 23.9 Å². The molecule has 1 fully saturated rings. The van der Waals surface area contributed by atoms with Crippen LogP contribution in [0.4, 0.5) is 27.2 Å². The van der Waals surface area contributed by atoms with Crippen LogP contribution in [0.5, 0.6) is 0 Å². The minimum Gasteiger partial charge on any atom is -0.329 e. The van der Waals surface area contributed by atoms with E-state index in [1.54, 1.807) is 12.2 Å². The second kappa shape index (κ2) is 7.82. The topological polar surface area (TPSA) is 108 Å². The van der Waals surface area contributed by atoms with Crippen molar-refractivity contribution in [2.24, 2.45) is 0 Å². The molecule has 152 valence electrons. The molecule has 1 aromatic carbocycles. The van der Waals surface area contributed by atoms with E-state index in [-0.39, 0.29) is 6.42 Å². The molecule has 0 spiro atoms. The summed E-state index contributed by atoms with van der Waals surface area (Å²) >= 11 is 0. The van der Waals surface area contributed by atoms with E-state index in [9.17, 15) is 36.7 Å². The number of carbonyl (C=O) groups excluding carboxylic acids is 4. The smallest absolute Gasteiger partial charge is 0.329 e. The lowest BCUT2D eigenvalue weighted by molar-refractivity contribution is -0.135. The molecule has 0 bridgehead atoms. The van der Waals surface area contributed by atoms with E-state index in [0.29, 0.717) is 10.5 Å². The Bertz CT molecular complexity index is 797. The van der Waals surface area contributed by atoms with Crippen LogP contribution in [-0.4, -0.2) is 48.0 Å². The molecule has 6 amide bonds. The Kier molecular flexibility index (Phi) is 5.90. The maximum atomic E-state index is 13.1. The molecule has 3 N–H and O–H groups in total. The number of halogens is 4. The van der Waals surface area contributed by atoms with Gasteiger partial charge in [-0.2, -0.15) is 13.2 Å². The van der Waals surface area contributed by atoms with Gasteiger partial charge in [0.2, 0.25) is 5.91 Å². The first-order valence-corrected chi connectivity index (χ1v) is 8.03. The van der Waals surface area contributed by atoms with E-state index in [2.05, 4.69) is 5.32 Å². The summed E-state index contributed by atoms with van der Waals surface area (Å²) in [5, 5.41) is 5.47. The van der Waals surface area contributed by atoms with Crippen LogP contribution in [0.15, 0.2) is 24.3 Å². The monoisotopic (exact) mass is 404 g/mol. The van der Waals surface area contributed by atoms with Crippen molar-refractivity contribution in [2.45, 2.75) is 25.1 Å². The summed E-state index contributed by atoms with van der Waals surface area (Å²) in [6.45, 7) is -0.943. The van der Waals surface area contributed by atoms with E-state index >= 15 is 0 Å². The zero-order chi connectivity index (χ0) is 21.1. The first-order chi connectivity index (χ1) is 13.0. The molecule has 28 heavy (non-hydrogen) atoms. The first kappa shape index (κ1) is 21.1. The fourth-order valence-corrected chi connectivity index (χ4v) is 2.68. The Labute approximate surface area is 156 Å². The van der Waals surface area contributed by atoms with E-state index in [4.69, 9.17) is 0 Å². The van der Waals surface area contributed by atoms with Gasteiger partial charge in [0.05, 0.1) is 0 Å². The van der Waals surface area contributed by atoms with Gasteiger partial charge in [0, 0.05) is 0 Å². The number of rotatable bonds is 5. The molecule has 1 aliphatic rings. The number of nitrogens with one attached hydrogen (secondary N) is 3. The number of hydrogen-bond acceptors (Lipinski definition) is 4. The molecule has 8 nitrogen and oxygen atoms in total. The maximum Gasteiger partial charge on any atom is 0.405 e. The third-order valence-electron chi connectivity index (χ3n) is 4.05. The molecule has 12 heteroatoms. The molecule has 1 unspecified atom stereocenters. The summed E-state index contributed by atoms with van der Waals surface area (Å²) in [7, 11) is 0. The molecule has 1 saturated heterocycles. The fraction of sp³-hybridized carbons (Fsp3) is 0.375. The lowest BCUT2D eigenvalue weighted by atomic mass is 9.87. The Morgan fingerprint density at radius 3 is 2.32 bits per heavy atom. The van der Waals surface area contributed by atoms with Crippen molar-refractivity contribution in [1.29, 1.82) is 0 Å². The molecule has 0 saturated carbocycles. The second-order valence-electron chi connectivity index (χ2n) is 5.93. The minimum atomic E-state index is -4.67. The van der Waals surface area contributed by atoms with Crippen molar-refractivity contribution in [2.75, 3.05) is 13.1 Å². The highest BCUT2D eigenvalue weighted by Gasteiger charge is 2.51. The van der Waals surface area contributed by atoms with E-state index in [1.807, 2.05) is 0 Å². The van der Waals surface area contributed by atoms with Crippen molar-refractivity contribution in [1.82, 2.24) is 20.9 Å². The molecule has 1 heterocycles. The summed E-state index contributed by atoms with van der Waals surface area (Å²) in [4.78, 5) is 48.6. The van der Waals surface area contributed by atoms with Gasteiger partial charge < -0.3 is 10.6 Å². The van der Waals surface area contributed by atoms with Crippen LogP contribution in [0.3, 0.4) is 0 Å². The predicted octanol–water partition coefficient (Wildman–Crippen LogP) is 1.37. The Hall–Kier alpha value is -3.18. The summed E-state index contributed by atoms with van der Waals surface area (Å²) < 4.78 is 49.3. The lowest BCUT2D eigenvalue weighted by Gasteiger charge is -2.25. The third-order valence-corrected chi connectivity index (χ3v) is 4.05. The van der Waals surface area contributed by atoms with Crippen LogP contribution in [0.1, 0.15) is 18.9 Å². The van der Waals surface area contributed by atoms with Gasteiger partial charge in [-0.05, 0) is 24.1 Å². The standard InChI is InChI=1S/C16H16F4N4O4/c1-2-15(9-3-5-10(17)6-4-9)12(26)24(14(28)23-15)7-11(25)22-13(27)21-8-16(18,19)20/h3-6H,2,7-8H2,1H3,(H,23,28)(H2,21,22,25,27). The number of carbonyl (C=O) groups is 4. The van der Waals surface area contributed by atoms with E-state index in [0.717, 1.165) is 12.1 Å². The quantitative estimate of drug-likeness (QED) is 0.509. The predicted molar refractivity (Wildman–Crippen MR) is 86.2 cm³/mol. The number of nitrogens with zero attached hydrogens (tertiary/aromatic N) is 1. The molecule has 1 atom stereocenters. The molecule has 1 aromatic rings. The van der Waals surface area contributed by atoms with Crippen molar-refractivity contribution in [3.05, 3.63) is 35.6 Å². The van der Waals surface area contributed by atoms with Gasteiger partial charge in [-0.15, -0.1) is 0 Å². The number of hydrogen-bond donors (Lipinski definition) is 3. The minimum absolute atomic E-state index is 0.0907. The van der Waals surface area contributed by atoms with Crippen molar-refractivity contribution in [3.8, 4) is 0 Å². The van der Waals surface area contributed by atoms with Crippen LogP contribution < -0.4 is 16.0 Å². The average Bonchev–Trinajstić information content (AvgIpc) is 2.85. The molecular formula is C16H16F4N4O4. The molecule has 0 aliphatic carbocycles. The van der Waals surface area contributed by atoms with Gasteiger partial charge in [0.1, 0.15) is 24.4 Å². The number of amides is 6. The van der Waals surface area contributed by atoms with Crippen molar-refractivity contribution in [3.63, 3.8) is 0 Å². The lowest BCUT2D eigenvalue weighted by Crippen LogP contribution is -2.48. The van der Waals surface area contributed by atoms with Crippen LogP contribution in [0.25, 0.3) is 0 Å². The van der Waals surface area contributed by atoms with Crippen molar-refractivity contribution < 1.29 is 36.7 Å². The summed E-state index contributed by atoms with van der Waals surface area (Å²) in [6, 6.07) is 2.48. The van der Waals surface area contributed by atoms with Gasteiger partial charge in [0.15, 0.2) is 0 Å². The molecule has 2 rings (SSSR count). The highest BCUT2D eigenvalue weighted by Crippen LogP contribution is 2.32. The van der Waals surface area contributed by atoms with Crippen LogP contribution >= 0.6 is 0 Å². The second-order valence-corrected chi connectivity index (χ2v) is 5.93. The third kappa shape index (κ3) is 4.56. The van der Waals surface area contributed by atoms with Gasteiger partial charge >= 0.3 is 18.2 Å². The average molecular weight is 404 g/mol. The molecular weight excluding hydrogens is 388 g/mol. The number of imide groups is 2. The van der Waals surface area contributed by atoms with Crippen LogP contribution in [-0.2, 0) is 15.1 Å². The highest BCUT2D eigenvalue weighted by molar-refractivity contribution is 6.10. The Balaban J connectivity index is 2.07. The Morgan fingerprint density at radius 2 is 1.79 bits per heavy atom. The number of urea groups is 2. The maximum absolute atomic E-state index is 13.1. The van der Waals surface area contributed by atoms with E-state index < -0.39 is 54.5 Å². The van der Waals surface area contributed by atoms with E-state index in [1.165, 1.54) is 17.4 Å². The normalized spacial score (nSPS) is 19.4. The molecule has 1 aliphatic heterocycles. The number of alkyl halides is 3. The SMILES string of the molecule is CCC1(c2ccc(F)cc2)NC(=O)N(CC(=O)NC(=O)NCC(F)(F)F)C1=O. The summed E-state index contributed by atoms with van der Waals surface area (Å²) in [5.41, 5.74) is -1.23.